The lowest BCUT2D eigenvalue weighted by Gasteiger charge is -2.17. The number of ether oxygens (including phenoxy) is 2. The maximum absolute atomic E-state index is 9.90. The van der Waals surface area contributed by atoms with Crippen LogP contribution >= 0.6 is 0 Å². The summed E-state index contributed by atoms with van der Waals surface area (Å²) >= 11 is 0. The number of fused-ring (bicyclic) bond motifs is 1. The summed E-state index contributed by atoms with van der Waals surface area (Å²) in [7, 11) is 0. The Kier molecular flexibility index (Phi) is 3.16. The second-order valence-electron chi connectivity index (χ2n) is 5.69. The van der Waals surface area contributed by atoms with Gasteiger partial charge in [0, 0.05) is 31.2 Å². The topological polar surface area (TPSA) is 50.7 Å². The van der Waals surface area contributed by atoms with Crippen molar-refractivity contribution in [3.8, 4) is 17.2 Å². The van der Waals surface area contributed by atoms with Gasteiger partial charge in [0.25, 0.3) is 0 Å². The van der Waals surface area contributed by atoms with Crippen molar-refractivity contribution in [3.63, 3.8) is 0 Å². The highest BCUT2D eigenvalue weighted by Crippen LogP contribution is 2.41. The van der Waals surface area contributed by atoms with Crippen molar-refractivity contribution >= 4 is 5.69 Å². The predicted octanol–water partition coefficient (Wildman–Crippen LogP) is 4.07. The van der Waals surface area contributed by atoms with Crippen LogP contribution in [0.2, 0.25) is 0 Å². The van der Waals surface area contributed by atoms with E-state index in [1.165, 1.54) is 0 Å². The van der Waals surface area contributed by atoms with E-state index in [1.807, 2.05) is 57.2 Å². The summed E-state index contributed by atoms with van der Waals surface area (Å²) in [6.07, 6.45) is 0. The van der Waals surface area contributed by atoms with Gasteiger partial charge in [-0.1, -0.05) is 18.2 Å². The molecule has 1 aliphatic rings. The van der Waals surface area contributed by atoms with Crippen LogP contribution in [-0.2, 0) is 0 Å². The van der Waals surface area contributed by atoms with Crippen LogP contribution in [0.25, 0.3) is 0 Å². The van der Waals surface area contributed by atoms with Gasteiger partial charge in [-0.25, -0.2) is 0 Å². The molecular formula is C17H19NO3. The van der Waals surface area contributed by atoms with Crippen molar-refractivity contribution in [2.45, 2.75) is 32.6 Å². The van der Waals surface area contributed by atoms with E-state index in [9.17, 15) is 5.11 Å². The van der Waals surface area contributed by atoms with Crippen LogP contribution in [0.1, 0.15) is 32.4 Å². The molecule has 4 heteroatoms. The van der Waals surface area contributed by atoms with Gasteiger partial charge in [-0.3, -0.25) is 0 Å². The van der Waals surface area contributed by atoms with Gasteiger partial charge in [0.15, 0.2) is 11.5 Å². The van der Waals surface area contributed by atoms with Crippen molar-refractivity contribution < 1.29 is 14.6 Å². The average Bonchev–Trinajstić information content (AvgIpc) is 2.72. The first-order valence-electron chi connectivity index (χ1n) is 7.01. The summed E-state index contributed by atoms with van der Waals surface area (Å²) < 4.78 is 11.4. The van der Waals surface area contributed by atoms with E-state index in [0.29, 0.717) is 5.75 Å². The van der Waals surface area contributed by atoms with Gasteiger partial charge >= 0.3 is 0 Å². The predicted molar refractivity (Wildman–Crippen MR) is 81.9 cm³/mol. The van der Waals surface area contributed by atoms with Gasteiger partial charge in [-0.2, -0.15) is 0 Å². The molecule has 21 heavy (non-hydrogen) atoms. The molecule has 2 aromatic rings. The van der Waals surface area contributed by atoms with Crippen molar-refractivity contribution in [2.24, 2.45) is 0 Å². The summed E-state index contributed by atoms with van der Waals surface area (Å²) in [6.45, 7) is 5.76. The molecule has 0 spiro atoms. The van der Waals surface area contributed by atoms with Gasteiger partial charge < -0.3 is 19.9 Å². The smallest absolute Gasteiger partial charge is 0.246 e. The van der Waals surface area contributed by atoms with Gasteiger partial charge in [0.2, 0.25) is 5.79 Å². The summed E-state index contributed by atoms with van der Waals surface area (Å²) in [5.41, 5.74) is 1.78. The maximum Gasteiger partial charge on any atom is 0.246 e. The van der Waals surface area contributed by atoms with Crippen LogP contribution < -0.4 is 14.8 Å². The molecule has 2 N–H and O–H groups in total. The van der Waals surface area contributed by atoms with Gasteiger partial charge in [0.05, 0.1) is 6.04 Å². The zero-order valence-corrected chi connectivity index (χ0v) is 12.4. The number of aromatic hydroxyl groups is 1. The normalized spacial score (nSPS) is 16.5. The van der Waals surface area contributed by atoms with Crippen LogP contribution in [0.15, 0.2) is 42.5 Å². The molecule has 0 bridgehead atoms. The Morgan fingerprint density at radius 3 is 2.52 bits per heavy atom. The Morgan fingerprint density at radius 1 is 1.05 bits per heavy atom. The first kappa shape index (κ1) is 13.6. The fourth-order valence-electron chi connectivity index (χ4n) is 2.49. The largest absolute Gasteiger partial charge is 0.508 e. The second kappa shape index (κ2) is 4.88. The molecule has 1 heterocycles. The number of para-hydroxylation sites is 1. The molecule has 0 radical (unpaired) electrons. The summed E-state index contributed by atoms with van der Waals surface area (Å²) in [4.78, 5) is 0. The molecular weight excluding hydrogens is 266 g/mol. The van der Waals surface area contributed by atoms with E-state index in [2.05, 4.69) is 5.32 Å². The minimum atomic E-state index is -0.621. The third kappa shape index (κ3) is 2.75. The zero-order chi connectivity index (χ0) is 15.0. The third-order valence-corrected chi connectivity index (χ3v) is 3.44. The SMILES string of the molecule is CC(Nc1ccc2c(c1)OC(C)(C)O2)c1ccccc1O. The Hall–Kier alpha value is -2.36. The highest BCUT2D eigenvalue weighted by molar-refractivity contribution is 5.57. The highest BCUT2D eigenvalue weighted by atomic mass is 16.7. The first-order chi connectivity index (χ1) is 9.94. The van der Waals surface area contributed by atoms with E-state index in [4.69, 9.17) is 9.47 Å². The van der Waals surface area contributed by atoms with Crippen molar-refractivity contribution in [3.05, 3.63) is 48.0 Å². The van der Waals surface area contributed by atoms with Gasteiger partial charge in [-0.15, -0.1) is 0 Å². The molecule has 0 saturated heterocycles. The van der Waals surface area contributed by atoms with E-state index in [-0.39, 0.29) is 6.04 Å². The molecule has 0 saturated carbocycles. The van der Waals surface area contributed by atoms with Gasteiger partial charge in [-0.05, 0) is 25.1 Å². The van der Waals surface area contributed by atoms with Crippen LogP contribution in [0.4, 0.5) is 5.69 Å². The quantitative estimate of drug-likeness (QED) is 0.892. The molecule has 0 aliphatic carbocycles. The summed E-state index contributed by atoms with van der Waals surface area (Å²) in [5.74, 6) is 1.15. The molecule has 2 aromatic carbocycles. The summed E-state index contributed by atoms with van der Waals surface area (Å²) in [6, 6.07) is 13.1. The van der Waals surface area contributed by atoms with Crippen LogP contribution in [0.3, 0.4) is 0 Å². The van der Waals surface area contributed by atoms with Crippen LogP contribution in [0, 0.1) is 0 Å². The number of rotatable bonds is 3. The number of anilines is 1. The Morgan fingerprint density at radius 2 is 1.76 bits per heavy atom. The Labute approximate surface area is 124 Å². The number of phenolic OH excluding ortho intramolecular Hbond substituents is 1. The number of hydrogen-bond donors (Lipinski definition) is 2. The molecule has 4 nitrogen and oxygen atoms in total. The summed E-state index contributed by atoms with van der Waals surface area (Å²) in [5, 5.41) is 13.3. The van der Waals surface area contributed by atoms with E-state index in [0.717, 1.165) is 22.7 Å². The number of benzene rings is 2. The maximum atomic E-state index is 9.90. The van der Waals surface area contributed by atoms with Crippen molar-refractivity contribution in [1.82, 2.24) is 0 Å². The fourth-order valence-corrected chi connectivity index (χ4v) is 2.49. The number of nitrogens with one attached hydrogen (secondary N) is 1. The molecule has 3 rings (SSSR count). The van der Waals surface area contributed by atoms with E-state index in [1.54, 1.807) is 6.07 Å². The minimum absolute atomic E-state index is 0.0143. The van der Waals surface area contributed by atoms with Crippen LogP contribution in [0.5, 0.6) is 17.2 Å². The Balaban J connectivity index is 1.79. The molecule has 110 valence electrons. The number of phenols is 1. The van der Waals surface area contributed by atoms with Crippen molar-refractivity contribution in [2.75, 3.05) is 5.32 Å². The molecule has 0 aromatic heterocycles. The van der Waals surface area contributed by atoms with Crippen molar-refractivity contribution in [1.29, 1.82) is 0 Å². The first-order valence-corrected chi connectivity index (χ1v) is 7.01. The molecule has 1 unspecified atom stereocenters. The average molecular weight is 285 g/mol. The van der Waals surface area contributed by atoms with Crippen LogP contribution in [-0.4, -0.2) is 10.9 Å². The standard InChI is InChI=1S/C17H19NO3/c1-11(13-6-4-5-7-14(13)19)18-12-8-9-15-16(10-12)21-17(2,3)20-15/h4-11,18-19H,1-3H3. The third-order valence-electron chi connectivity index (χ3n) is 3.44. The zero-order valence-electron chi connectivity index (χ0n) is 12.4. The van der Waals surface area contributed by atoms with E-state index >= 15 is 0 Å². The fraction of sp³-hybridized carbons (Fsp3) is 0.294. The highest BCUT2D eigenvalue weighted by Gasteiger charge is 2.31. The number of hydrogen-bond acceptors (Lipinski definition) is 4. The lowest BCUT2D eigenvalue weighted by atomic mass is 10.1. The lowest BCUT2D eigenvalue weighted by Crippen LogP contribution is -2.29. The molecule has 1 aliphatic heterocycles. The molecule has 1 atom stereocenters. The monoisotopic (exact) mass is 285 g/mol. The second-order valence-corrected chi connectivity index (χ2v) is 5.69. The lowest BCUT2D eigenvalue weighted by molar-refractivity contribution is -0.0431. The van der Waals surface area contributed by atoms with Gasteiger partial charge in [0.1, 0.15) is 5.75 Å². The Bertz CT molecular complexity index is 667. The minimum Gasteiger partial charge on any atom is -0.508 e. The van der Waals surface area contributed by atoms with E-state index < -0.39 is 5.79 Å². The molecule has 0 amide bonds. The molecule has 0 fully saturated rings.